The Hall–Kier alpha value is -3.01. The summed E-state index contributed by atoms with van der Waals surface area (Å²) in [5.41, 5.74) is 1.74. The van der Waals surface area contributed by atoms with Crippen LogP contribution in [0, 0.1) is 11.3 Å². The molecule has 0 fully saturated rings. The van der Waals surface area contributed by atoms with Gasteiger partial charge < -0.3 is 9.72 Å². The molecule has 0 bridgehead atoms. The highest BCUT2D eigenvalue weighted by molar-refractivity contribution is 5.81. The van der Waals surface area contributed by atoms with Gasteiger partial charge in [0.1, 0.15) is 11.6 Å². The van der Waals surface area contributed by atoms with Crippen LogP contribution in [0.5, 0.6) is 5.75 Å². The van der Waals surface area contributed by atoms with Crippen molar-refractivity contribution in [2.75, 3.05) is 0 Å². The van der Waals surface area contributed by atoms with Gasteiger partial charge in [-0.3, -0.25) is 0 Å². The zero-order chi connectivity index (χ0) is 15.7. The van der Waals surface area contributed by atoms with E-state index in [1.165, 1.54) is 18.2 Å². The molecule has 0 amide bonds. The van der Waals surface area contributed by atoms with E-state index in [0.29, 0.717) is 16.6 Å². The van der Waals surface area contributed by atoms with Crippen molar-refractivity contribution in [1.29, 1.82) is 5.26 Å². The number of ether oxygens (including phenoxy) is 1. The van der Waals surface area contributed by atoms with E-state index >= 15 is 0 Å². The summed E-state index contributed by atoms with van der Waals surface area (Å²) in [5, 5.41) is 8.86. The van der Waals surface area contributed by atoms with Crippen molar-refractivity contribution in [1.82, 2.24) is 9.97 Å². The average Bonchev–Trinajstić information content (AvgIpc) is 2.88. The largest absolute Gasteiger partial charge is 0.573 e. The molecule has 3 rings (SSSR count). The quantitative estimate of drug-likeness (QED) is 0.778. The van der Waals surface area contributed by atoms with Crippen molar-refractivity contribution in [2.45, 2.75) is 6.36 Å². The van der Waals surface area contributed by atoms with E-state index in [1.807, 2.05) is 6.07 Å². The molecule has 0 radical (unpaired) electrons. The fraction of sp³-hybridized carbons (Fsp3) is 0.0667. The summed E-state index contributed by atoms with van der Waals surface area (Å²) in [5.74, 6) is -0.0977. The first-order valence-corrected chi connectivity index (χ1v) is 6.21. The number of H-pyrrole nitrogens is 1. The Morgan fingerprint density at radius 3 is 2.64 bits per heavy atom. The molecule has 110 valence electrons. The molecular weight excluding hydrogens is 295 g/mol. The highest BCUT2D eigenvalue weighted by Crippen LogP contribution is 2.33. The first kappa shape index (κ1) is 13.9. The molecule has 1 aromatic heterocycles. The zero-order valence-corrected chi connectivity index (χ0v) is 11.0. The first-order valence-electron chi connectivity index (χ1n) is 6.21. The van der Waals surface area contributed by atoms with Gasteiger partial charge in [-0.25, -0.2) is 4.98 Å². The van der Waals surface area contributed by atoms with E-state index in [2.05, 4.69) is 14.7 Å². The summed E-state index contributed by atoms with van der Waals surface area (Å²) < 4.78 is 41.4. The maximum atomic E-state index is 12.5. The molecule has 0 aliphatic carbocycles. The minimum Gasteiger partial charge on any atom is -0.405 e. The van der Waals surface area contributed by atoms with Crippen LogP contribution in [0.4, 0.5) is 13.2 Å². The van der Waals surface area contributed by atoms with Crippen molar-refractivity contribution in [3.63, 3.8) is 0 Å². The van der Waals surface area contributed by atoms with E-state index in [0.717, 1.165) is 0 Å². The van der Waals surface area contributed by atoms with Crippen LogP contribution < -0.4 is 4.74 Å². The smallest absolute Gasteiger partial charge is 0.405 e. The van der Waals surface area contributed by atoms with E-state index in [-0.39, 0.29) is 17.1 Å². The minimum absolute atomic E-state index is 0.189. The van der Waals surface area contributed by atoms with Crippen LogP contribution in [0.25, 0.3) is 22.4 Å². The number of hydrogen-bond donors (Lipinski definition) is 1. The number of alkyl halides is 3. The number of para-hydroxylation sites is 1. The molecule has 0 aliphatic heterocycles. The molecule has 2 aromatic carbocycles. The molecule has 1 N–H and O–H groups in total. The average molecular weight is 303 g/mol. The second kappa shape index (κ2) is 5.07. The third-order valence-corrected chi connectivity index (χ3v) is 2.98. The fourth-order valence-electron chi connectivity index (χ4n) is 2.08. The van der Waals surface area contributed by atoms with Crippen molar-refractivity contribution in [3.05, 3.63) is 48.0 Å². The third kappa shape index (κ3) is 2.72. The Kier molecular flexibility index (Phi) is 3.22. The normalized spacial score (nSPS) is 11.4. The molecule has 3 aromatic rings. The van der Waals surface area contributed by atoms with Crippen LogP contribution in [0.3, 0.4) is 0 Å². The van der Waals surface area contributed by atoms with Crippen LogP contribution in [0.2, 0.25) is 0 Å². The molecule has 0 saturated heterocycles. The van der Waals surface area contributed by atoms with Gasteiger partial charge in [0.05, 0.1) is 28.2 Å². The lowest BCUT2D eigenvalue weighted by Gasteiger charge is -2.11. The maximum Gasteiger partial charge on any atom is 0.573 e. The highest BCUT2D eigenvalue weighted by atomic mass is 19.4. The van der Waals surface area contributed by atoms with E-state index in [9.17, 15) is 13.2 Å². The lowest BCUT2D eigenvalue weighted by molar-refractivity contribution is -0.274. The lowest BCUT2D eigenvalue weighted by Crippen LogP contribution is -2.17. The SMILES string of the molecule is N#Cc1ccc2nc(-c3ccccc3OC(F)(F)F)[nH]c2c1. The standard InChI is InChI=1S/C15H8F3N3O/c16-15(17,18)22-13-4-2-1-3-10(13)14-20-11-6-5-9(8-19)7-12(11)21-14/h1-7H,(H,20,21). The van der Waals surface area contributed by atoms with Gasteiger partial charge in [0.2, 0.25) is 0 Å². The highest BCUT2D eigenvalue weighted by Gasteiger charge is 2.32. The second-order valence-corrected chi connectivity index (χ2v) is 4.47. The molecule has 0 aliphatic rings. The Balaban J connectivity index is 2.10. The topological polar surface area (TPSA) is 61.7 Å². The predicted octanol–water partition coefficient (Wildman–Crippen LogP) is 4.00. The van der Waals surface area contributed by atoms with Crippen molar-refractivity contribution >= 4 is 11.0 Å². The minimum atomic E-state index is -4.78. The van der Waals surface area contributed by atoms with Gasteiger partial charge in [-0.2, -0.15) is 5.26 Å². The summed E-state index contributed by atoms with van der Waals surface area (Å²) in [7, 11) is 0. The van der Waals surface area contributed by atoms with Gasteiger partial charge in [-0.1, -0.05) is 12.1 Å². The van der Waals surface area contributed by atoms with Crippen molar-refractivity contribution in [3.8, 4) is 23.2 Å². The van der Waals surface area contributed by atoms with Crippen LogP contribution in [-0.4, -0.2) is 16.3 Å². The predicted molar refractivity (Wildman–Crippen MR) is 72.9 cm³/mol. The van der Waals surface area contributed by atoms with Gasteiger partial charge in [0.25, 0.3) is 0 Å². The maximum absolute atomic E-state index is 12.5. The van der Waals surface area contributed by atoms with Crippen LogP contribution in [-0.2, 0) is 0 Å². The number of hydrogen-bond acceptors (Lipinski definition) is 3. The second-order valence-electron chi connectivity index (χ2n) is 4.47. The number of imidazole rings is 1. The summed E-state index contributed by atoms with van der Waals surface area (Å²) in [6.07, 6.45) is -4.78. The Morgan fingerprint density at radius 1 is 1.14 bits per heavy atom. The summed E-state index contributed by atoms with van der Waals surface area (Å²) in [6.45, 7) is 0. The molecule has 0 atom stereocenters. The van der Waals surface area contributed by atoms with Crippen LogP contribution in [0.1, 0.15) is 5.56 Å². The van der Waals surface area contributed by atoms with Gasteiger partial charge in [-0.05, 0) is 30.3 Å². The van der Waals surface area contributed by atoms with Gasteiger partial charge in [-0.15, -0.1) is 13.2 Å². The Morgan fingerprint density at radius 2 is 1.91 bits per heavy atom. The number of fused-ring (bicyclic) bond motifs is 1. The number of halogens is 3. The Labute approximate surface area is 122 Å². The molecule has 0 spiro atoms. The van der Waals surface area contributed by atoms with Gasteiger partial charge in [0.15, 0.2) is 0 Å². The molecule has 0 unspecified atom stereocenters. The van der Waals surface area contributed by atoms with E-state index in [1.54, 1.807) is 24.3 Å². The number of nitrogens with one attached hydrogen (secondary N) is 1. The zero-order valence-electron chi connectivity index (χ0n) is 11.0. The van der Waals surface area contributed by atoms with Crippen molar-refractivity contribution in [2.24, 2.45) is 0 Å². The molecule has 22 heavy (non-hydrogen) atoms. The molecule has 1 heterocycles. The summed E-state index contributed by atoms with van der Waals surface area (Å²) in [6, 6.07) is 12.5. The summed E-state index contributed by atoms with van der Waals surface area (Å²) in [4.78, 5) is 7.14. The molecule has 0 saturated carbocycles. The number of aromatic nitrogens is 2. The lowest BCUT2D eigenvalue weighted by atomic mass is 10.2. The summed E-state index contributed by atoms with van der Waals surface area (Å²) >= 11 is 0. The molecule has 4 nitrogen and oxygen atoms in total. The Bertz CT molecular complexity index is 878. The monoisotopic (exact) mass is 303 g/mol. The number of nitrogens with zero attached hydrogens (tertiary/aromatic N) is 2. The number of nitriles is 1. The fourth-order valence-corrected chi connectivity index (χ4v) is 2.08. The van der Waals surface area contributed by atoms with Gasteiger partial charge in [0, 0.05) is 0 Å². The van der Waals surface area contributed by atoms with Gasteiger partial charge >= 0.3 is 6.36 Å². The van der Waals surface area contributed by atoms with E-state index < -0.39 is 6.36 Å². The number of rotatable bonds is 2. The van der Waals surface area contributed by atoms with Crippen LogP contribution in [0.15, 0.2) is 42.5 Å². The number of aromatic amines is 1. The number of benzene rings is 2. The first-order chi connectivity index (χ1) is 10.5. The van der Waals surface area contributed by atoms with Crippen molar-refractivity contribution < 1.29 is 17.9 Å². The van der Waals surface area contributed by atoms with E-state index in [4.69, 9.17) is 5.26 Å². The third-order valence-electron chi connectivity index (χ3n) is 2.98. The van der Waals surface area contributed by atoms with Crippen LogP contribution >= 0.6 is 0 Å². The molecule has 7 heteroatoms. The molecular formula is C15H8F3N3O.